The second-order valence-corrected chi connectivity index (χ2v) is 7.37. The minimum Gasteiger partial charge on any atom is -0.465 e. The van der Waals surface area contributed by atoms with Crippen LogP contribution in [-0.4, -0.2) is 27.0 Å². The summed E-state index contributed by atoms with van der Waals surface area (Å²) in [6.45, 7) is 5.25. The normalized spacial score (nSPS) is 12.4. The van der Waals surface area contributed by atoms with E-state index in [1.54, 1.807) is 26.8 Å². The standard InChI is InChI=1S/C15H19N3O4S/c1-15(2,3)18-23(20,21)13-7-5-12(6-8-13)17-10-11(9-16)14(19)22-4/h5-8,10,17-18H,1-4H3/b11-10-. The van der Waals surface area contributed by atoms with Gasteiger partial charge in [0.05, 0.1) is 12.0 Å². The fraction of sp³-hybridized carbons (Fsp3) is 0.333. The van der Waals surface area contributed by atoms with Crippen LogP contribution in [-0.2, 0) is 19.6 Å². The highest BCUT2D eigenvalue weighted by Crippen LogP contribution is 2.16. The summed E-state index contributed by atoms with van der Waals surface area (Å²) in [6.07, 6.45) is 1.20. The molecule has 1 rings (SSSR count). The molecular weight excluding hydrogens is 318 g/mol. The molecule has 0 bridgehead atoms. The van der Waals surface area contributed by atoms with Gasteiger partial charge in [0.15, 0.2) is 5.57 Å². The van der Waals surface area contributed by atoms with Gasteiger partial charge < -0.3 is 10.1 Å². The largest absolute Gasteiger partial charge is 0.465 e. The van der Waals surface area contributed by atoms with Crippen LogP contribution in [0.4, 0.5) is 5.69 Å². The predicted octanol–water partition coefficient (Wildman–Crippen LogP) is 1.76. The van der Waals surface area contributed by atoms with E-state index in [0.717, 1.165) is 0 Å². The van der Waals surface area contributed by atoms with Gasteiger partial charge in [-0.25, -0.2) is 17.9 Å². The second kappa shape index (κ2) is 7.26. The van der Waals surface area contributed by atoms with Gasteiger partial charge >= 0.3 is 5.97 Å². The van der Waals surface area contributed by atoms with E-state index < -0.39 is 21.5 Å². The van der Waals surface area contributed by atoms with Gasteiger partial charge in [-0.15, -0.1) is 0 Å². The molecule has 0 aliphatic heterocycles. The van der Waals surface area contributed by atoms with Crippen molar-refractivity contribution in [1.82, 2.24) is 4.72 Å². The topological polar surface area (TPSA) is 108 Å². The third-order valence-corrected chi connectivity index (χ3v) is 4.29. The quantitative estimate of drug-likeness (QED) is 0.481. The molecule has 7 nitrogen and oxygen atoms in total. The number of carbonyl (C=O) groups is 1. The summed E-state index contributed by atoms with van der Waals surface area (Å²) >= 11 is 0. The van der Waals surface area contributed by atoms with Gasteiger partial charge in [-0.05, 0) is 45.0 Å². The van der Waals surface area contributed by atoms with Crippen LogP contribution in [0, 0.1) is 11.3 Å². The lowest BCUT2D eigenvalue weighted by atomic mass is 10.1. The maximum Gasteiger partial charge on any atom is 0.350 e. The van der Waals surface area contributed by atoms with Crippen molar-refractivity contribution < 1.29 is 17.9 Å². The summed E-state index contributed by atoms with van der Waals surface area (Å²) in [6, 6.07) is 7.61. The summed E-state index contributed by atoms with van der Waals surface area (Å²) in [5, 5.41) is 11.6. The average Bonchev–Trinajstić information content (AvgIpc) is 2.45. The lowest BCUT2D eigenvalue weighted by Gasteiger charge is -2.20. The Kier molecular flexibility index (Phi) is 5.90. The molecular formula is C15H19N3O4S. The van der Waals surface area contributed by atoms with E-state index in [9.17, 15) is 13.2 Å². The first-order chi connectivity index (χ1) is 10.6. The molecule has 124 valence electrons. The highest BCUT2D eigenvalue weighted by atomic mass is 32.2. The number of nitriles is 1. The molecule has 0 atom stereocenters. The number of ether oxygens (including phenoxy) is 1. The molecule has 0 heterocycles. The highest BCUT2D eigenvalue weighted by Gasteiger charge is 2.21. The minimum atomic E-state index is -3.61. The van der Waals surface area contributed by atoms with Crippen LogP contribution >= 0.6 is 0 Å². The number of hydrogen-bond donors (Lipinski definition) is 2. The molecule has 0 radical (unpaired) electrons. The Bertz CT molecular complexity index is 738. The van der Waals surface area contributed by atoms with E-state index in [4.69, 9.17) is 5.26 Å². The number of hydrogen-bond acceptors (Lipinski definition) is 6. The number of esters is 1. The molecule has 1 aromatic carbocycles. The lowest BCUT2D eigenvalue weighted by Crippen LogP contribution is -2.40. The van der Waals surface area contributed by atoms with E-state index in [0.29, 0.717) is 5.69 Å². The summed E-state index contributed by atoms with van der Waals surface area (Å²) in [5.41, 5.74) is -0.254. The first-order valence-corrected chi connectivity index (χ1v) is 8.16. The Labute approximate surface area is 136 Å². The Morgan fingerprint density at radius 2 is 1.83 bits per heavy atom. The summed E-state index contributed by atoms with van der Waals surface area (Å²) in [5.74, 6) is -0.756. The molecule has 0 fully saturated rings. The number of nitrogens with one attached hydrogen (secondary N) is 2. The van der Waals surface area contributed by atoms with Crippen LogP contribution in [0.3, 0.4) is 0 Å². The van der Waals surface area contributed by atoms with Gasteiger partial charge in [-0.2, -0.15) is 5.26 Å². The number of nitrogens with zero attached hydrogens (tertiary/aromatic N) is 1. The van der Waals surface area contributed by atoms with Crippen molar-refractivity contribution in [2.45, 2.75) is 31.2 Å². The Balaban J connectivity index is 2.92. The van der Waals surface area contributed by atoms with E-state index in [-0.39, 0.29) is 10.5 Å². The SMILES string of the molecule is COC(=O)/C(C#N)=C\Nc1ccc(S(=O)(=O)NC(C)(C)C)cc1. The van der Waals surface area contributed by atoms with Crippen LogP contribution in [0.1, 0.15) is 20.8 Å². The van der Waals surface area contributed by atoms with E-state index >= 15 is 0 Å². The molecule has 0 saturated heterocycles. The Hall–Kier alpha value is -2.37. The maximum absolute atomic E-state index is 12.2. The second-order valence-electron chi connectivity index (χ2n) is 5.69. The van der Waals surface area contributed by atoms with Crippen LogP contribution in [0.5, 0.6) is 0 Å². The number of carbonyl (C=O) groups excluding carboxylic acids is 1. The molecule has 0 unspecified atom stereocenters. The first-order valence-electron chi connectivity index (χ1n) is 6.68. The fourth-order valence-electron chi connectivity index (χ4n) is 1.59. The zero-order chi connectivity index (χ0) is 17.7. The van der Waals surface area contributed by atoms with Crippen LogP contribution < -0.4 is 10.0 Å². The molecule has 2 N–H and O–H groups in total. The minimum absolute atomic E-state index is 0.121. The highest BCUT2D eigenvalue weighted by molar-refractivity contribution is 7.89. The Morgan fingerprint density at radius 1 is 1.26 bits per heavy atom. The molecule has 0 aliphatic carbocycles. The third kappa shape index (κ3) is 5.73. The van der Waals surface area contributed by atoms with Gasteiger partial charge in [0.1, 0.15) is 6.07 Å². The zero-order valence-electron chi connectivity index (χ0n) is 13.4. The van der Waals surface area contributed by atoms with Gasteiger partial charge in [0.2, 0.25) is 10.0 Å². The van der Waals surface area contributed by atoms with Gasteiger partial charge in [-0.3, -0.25) is 0 Å². The fourth-order valence-corrected chi connectivity index (χ4v) is 3.01. The van der Waals surface area contributed by atoms with Crippen molar-refractivity contribution in [2.75, 3.05) is 12.4 Å². The average molecular weight is 337 g/mol. The van der Waals surface area contributed by atoms with Crippen molar-refractivity contribution in [3.8, 4) is 6.07 Å². The number of sulfonamides is 1. The number of benzene rings is 1. The van der Waals surface area contributed by atoms with E-state index in [1.807, 2.05) is 0 Å². The van der Waals surface area contributed by atoms with Crippen LogP contribution in [0.15, 0.2) is 40.9 Å². The zero-order valence-corrected chi connectivity index (χ0v) is 14.2. The van der Waals surface area contributed by atoms with E-state index in [1.165, 1.54) is 37.6 Å². The molecule has 0 aliphatic rings. The van der Waals surface area contributed by atoms with Crippen molar-refractivity contribution in [1.29, 1.82) is 5.26 Å². The van der Waals surface area contributed by atoms with Crippen LogP contribution in [0.25, 0.3) is 0 Å². The summed E-state index contributed by atoms with van der Waals surface area (Å²) < 4.78 is 31.3. The van der Waals surface area contributed by atoms with Gasteiger partial charge in [0.25, 0.3) is 0 Å². The Morgan fingerprint density at radius 3 is 2.26 bits per heavy atom. The molecule has 23 heavy (non-hydrogen) atoms. The van der Waals surface area contributed by atoms with Crippen molar-refractivity contribution in [2.24, 2.45) is 0 Å². The number of methoxy groups -OCH3 is 1. The van der Waals surface area contributed by atoms with Crippen LogP contribution in [0.2, 0.25) is 0 Å². The third-order valence-electron chi connectivity index (χ3n) is 2.51. The number of anilines is 1. The molecule has 8 heteroatoms. The first kappa shape index (κ1) is 18.7. The maximum atomic E-state index is 12.2. The molecule has 0 saturated carbocycles. The predicted molar refractivity (Wildman–Crippen MR) is 85.9 cm³/mol. The lowest BCUT2D eigenvalue weighted by molar-refractivity contribution is -0.135. The van der Waals surface area contributed by atoms with Gasteiger partial charge in [-0.1, -0.05) is 0 Å². The van der Waals surface area contributed by atoms with Crippen molar-refractivity contribution in [3.05, 3.63) is 36.0 Å². The molecule has 0 amide bonds. The summed E-state index contributed by atoms with van der Waals surface area (Å²) in [7, 11) is -2.43. The number of rotatable bonds is 5. The van der Waals surface area contributed by atoms with Gasteiger partial charge in [0, 0.05) is 17.4 Å². The smallest absolute Gasteiger partial charge is 0.350 e. The summed E-state index contributed by atoms with van der Waals surface area (Å²) in [4.78, 5) is 11.4. The molecule has 0 spiro atoms. The van der Waals surface area contributed by atoms with E-state index in [2.05, 4.69) is 14.8 Å². The molecule has 1 aromatic rings. The van der Waals surface area contributed by atoms with Crippen molar-refractivity contribution >= 4 is 21.7 Å². The monoisotopic (exact) mass is 337 g/mol. The molecule has 0 aromatic heterocycles. The van der Waals surface area contributed by atoms with Crippen molar-refractivity contribution in [3.63, 3.8) is 0 Å².